The van der Waals surface area contributed by atoms with Gasteiger partial charge in [-0.3, -0.25) is 9.59 Å². The maximum absolute atomic E-state index is 12.5. The summed E-state index contributed by atoms with van der Waals surface area (Å²) in [6.07, 6.45) is 0.232. The highest BCUT2D eigenvalue weighted by Gasteiger charge is 2.34. The Labute approximate surface area is 128 Å². The largest absolute Gasteiger partial charge is 0.351 e. The van der Waals surface area contributed by atoms with E-state index < -0.39 is 0 Å². The molecule has 1 aromatic carbocycles. The second-order valence-electron chi connectivity index (χ2n) is 7.65. The Kier molecular flexibility index (Phi) is 5.32. The van der Waals surface area contributed by atoms with Crippen molar-refractivity contribution in [3.8, 4) is 0 Å². The minimum absolute atomic E-state index is 0.0135. The van der Waals surface area contributed by atoms with Crippen molar-refractivity contribution in [1.29, 1.82) is 0 Å². The first-order chi connectivity index (χ1) is 9.50. The molecule has 0 aliphatic heterocycles. The third-order valence-corrected chi connectivity index (χ3v) is 3.35. The third-order valence-electron chi connectivity index (χ3n) is 3.35. The average Bonchev–Trinajstić information content (AvgIpc) is 2.33. The standard InChI is InChI=1S/C18H27NO2/c1-17(2,3)14(16(21)19-18(4,5)6)12-15(20)13-10-8-7-9-11-13/h7-11,14H,12H2,1-6H3,(H,19,21). The molecule has 3 heteroatoms. The smallest absolute Gasteiger partial charge is 0.224 e. The molecule has 0 fully saturated rings. The lowest BCUT2D eigenvalue weighted by Gasteiger charge is -2.32. The molecular formula is C18H27NO2. The van der Waals surface area contributed by atoms with Gasteiger partial charge in [0, 0.05) is 17.5 Å². The van der Waals surface area contributed by atoms with Crippen molar-refractivity contribution in [3.05, 3.63) is 35.9 Å². The van der Waals surface area contributed by atoms with E-state index in [0.29, 0.717) is 5.56 Å². The molecule has 1 unspecified atom stereocenters. The van der Waals surface area contributed by atoms with E-state index in [2.05, 4.69) is 5.32 Å². The van der Waals surface area contributed by atoms with Gasteiger partial charge in [-0.2, -0.15) is 0 Å². The summed E-state index contributed by atoms with van der Waals surface area (Å²) in [5.41, 5.74) is 0.103. The quantitative estimate of drug-likeness (QED) is 0.856. The van der Waals surface area contributed by atoms with E-state index >= 15 is 0 Å². The zero-order valence-corrected chi connectivity index (χ0v) is 14.0. The molecule has 0 bridgehead atoms. The van der Waals surface area contributed by atoms with E-state index in [1.54, 1.807) is 12.1 Å². The van der Waals surface area contributed by atoms with E-state index in [9.17, 15) is 9.59 Å². The monoisotopic (exact) mass is 289 g/mol. The summed E-state index contributed by atoms with van der Waals surface area (Å²) in [4.78, 5) is 24.9. The molecule has 3 nitrogen and oxygen atoms in total. The fraction of sp³-hybridized carbons (Fsp3) is 0.556. The lowest BCUT2D eigenvalue weighted by atomic mass is 9.76. The number of ketones is 1. The third kappa shape index (κ3) is 5.70. The molecule has 0 radical (unpaired) electrons. The van der Waals surface area contributed by atoms with Crippen LogP contribution in [0.25, 0.3) is 0 Å². The van der Waals surface area contributed by atoms with Crippen LogP contribution in [0.1, 0.15) is 58.3 Å². The van der Waals surface area contributed by atoms with Gasteiger partial charge in [0.15, 0.2) is 5.78 Å². The molecule has 21 heavy (non-hydrogen) atoms. The van der Waals surface area contributed by atoms with Crippen molar-refractivity contribution in [2.45, 2.75) is 53.5 Å². The molecule has 0 spiro atoms. The molecule has 0 aliphatic rings. The molecule has 0 saturated carbocycles. The van der Waals surface area contributed by atoms with Crippen LogP contribution in [-0.4, -0.2) is 17.2 Å². The summed E-state index contributed by atoms with van der Waals surface area (Å²) in [7, 11) is 0. The number of rotatable bonds is 4. The zero-order chi connectivity index (χ0) is 16.3. The Hall–Kier alpha value is -1.64. The second-order valence-corrected chi connectivity index (χ2v) is 7.65. The summed E-state index contributed by atoms with van der Waals surface area (Å²) in [5, 5.41) is 2.99. The number of benzene rings is 1. The van der Waals surface area contributed by atoms with Crippen LogP contribution >= 0.6 is 0 Å². The molecular weight excluding hydrogens is 262 g/mol. The minimum Gasteiger partial charge on any atom is -0.351 e. The number of carbonyl (C=O) groups is 2. The van der Waals surface area contributed by atoms with Crippen molar-refractivity contribution in [2.75, 3.05) is 0 Å². The van der Waals surface area contributed by atoms with Crippen LogP contribution in [0.3, 0.4) is 0 Å². The minimum atomic E-state index is -0.343. The van der Waals surface area contributed by atoms with Crippen LogP contribution in [0.2, 0.25) is 0 Å². The topological polar surface area (TPSA) is 46.2 Å². The number of hydrogen-bond acceptors (Lipinski definition) is 2. The van der Waals surface area contributed by atoms with Crippen molar-refractivity contribution in [2.24, 2.45) is 11.3 Å². The molecule has 0 aliphatic carbocycles. The zero-order valence-electron chi connectivity index (χ0n) is 14.0. The highest BCUT2D eigenvalue weighted by atomic mass is 16.2. The molecule has 1 rings (SSSR count). The molecule has 0 saturated heterocycles. The van der Waals surface area contributed by atoms with Gasteiger partial charge >= 0.3 is 0 Å². The predicted molar refractivity (Wildman–Crippen MR) is 86.2 cm³/mol. The van der Waals surface area contributed by atoms with Gasteiger partial charge in [0.2, 0.25) is 5.91 Å². The van der Waals surface area contributed by atoms with Gasteiger partial charge in [0.1, 0.15) is 0 Å². The summed E-state index contributed by atoms with van der Waals surface area (Å²) in [5.74, 6) is -0.386. The van der Waals surface area contributed by atoms with Gasteiger partial charge in [0.25, 0.3) is 0 Å². The van der Waals surface area contributed by atoms with Crippen molar-refractivity contribution >= 4 is 11.7 Å². The Balaban J connectivity index is 2.90. The van der Waals surface area contributed by atoms with E-state index in [4.69, 9.17) is 0 Å². The highest BCUT2D eigenvalue weighted by Crippen LogP contribution is 2.30. The van der Waals surface area contributed by atoms with E-state index in [-0.39, 0.29) is 35.0 Å². The molecule has 1 N–H and O–H groups in total. The predicted octanol–water partition coefficient (Wildman–Crippen LogP) is 3.84. The fourth-order valence-electron chi connectivity index (χ4n) is 2.18. The van der Waals surface area contributed by atoms with Crippen LogP contribution in [0.15, 0.2) is 30.3 Å². The van der Waals surface area contributed by atoms with Crippen molar-refractivity contribution < 1.29 is 9.59 Å². The van der Waals surface area contributed by atoms with E-state index in [1.807, 2.05) is 59.7 Å². The Morgan fingerprint density at radius 2 is 1.52 bits per heavy atom. The first-order valence-electron chi connectivity index (χ1n) is 7.41. The maximum atomic E-state index is 12.5. The molecule has 0 heterocycles. The molecule has 1 aromatic rings. The van der Waals surface area contributed by atoms with Gasteiger partial charge in [-0.05, 0) is 26.2 Å². The SMILES string of the molecule is CC(C)(C)NC(=O)C(CC(=O)c1ccccc1)C(C)(C)C. The number of hydrogen-bond donors (Lipinski definition) is 1. The lowest BCUT2D eigenvalue weighted by molar-refractivity contribution is -0.129. The van der Waals surface area contributed by atoms with Gasteiger partial charge in [-0.1, -0.05) is 51.1 Å². The normalized spacial score (nSPS) is 13.6. The second kappa shape index (κ2) is 6.42. The number of amides is 1. The molecule has 1 amide bonds. The summed E-state index contributed by atoms with van der Waals surface area (Å²) in [6, 6.07) is 9.15. The Morgan fingerprint density at radius 1 is 1.00 bits per heavy atom. The van der Waals surface area contributed by atoms with E-state index in [0.717, 1.165) is 0 Å². The van der Waals surface area contributed by atoms with Crippen LogP contribution in [0.5, 0.6) is 0 Å². The van der Waals surface area contributed by atoms with Gasteiger partial charge in [-0.15, -0.1) is 0 Å². The summed E-state index contributed by atoms with van der Waals surface area (Å²) in [6.45, 7) is 11.8. The lowest BCUT2D eigenvalue weighted by Crippen LogP contribution is -2.47. The first-order valence-corrected chi connectivity index (χ1v) is 7.41. The van der Waals surface area contributed by atoms with Crippen molar-refractivity contribution in [1.82, 2.24) is 5.32 Å². The Morgan fingerprint density at radius 3 is 1.95 bits per heavy atom. The van der Waals surface area contributed by atoms with Gasteiger partial charge in [0.05, 0.1) is 5.92 Å². The highest BCUT2D eigenvalue weighted by molar-refractivity contribution is 5.98. The first kappa shape index (κ1) is 17.4. The average molecular weight is 289 g/mol. The van der Waals surface area contributed by atoms with Crippen LogP contribution in [0.4, 0.5) is 0 Å². The number of carbonyl (C=O) groups excluding carboxylic acids is 2. The maximum Gasteiger partial charge on any atom is 0.224 e. The molecule has 0 aromatic heterocycles. The van der Waals surface area contributed by atoms with Gasteiger partial charge in [-0.25, -0.2) is 0 Å². The molecule has 1 atom stereocenters. The van der Waals surface area contributed by atoms with E-state index in [1.165, 1.54) is 0 Å². The van der Waals surface area contributed by atoms with Gasteiger partial charge < -0.3 is 5.32 Å². The molecule has 116 valence electrons. The number of nitrogens with one attached hydrogen (secondary N) is 1. The Bertz CT molecular complexity index is 492. The van der Waals surface area contributed by atoms with Crippen molar-refractivity contribution in [3.63, 3.8) is 0 Å². The van der Waals surface area contributed by atoms with Crippen LogP contribution < -0.4 is 5.32 Å². The summed E-state index contributed by atoms with van der Waals surface area (Å²) < 4.78 is 0. The summed E-state index contributed by atoms with van der Waals surface area (Å²) >= 11 is 0. The fourth-order valence-corrected chi connectivity index (χ4v) is 2.18. The van der Waals surface area contributed by atoms with Crippen LogP contribution in [-0.2, 0) is 4.79 Å². The van der Waals surface area contributed by atoms with Crippen LogP contribution in [0, 0.1) is 11.3 Å². The number of Topliss-reactive ketones (excluding diaryl/α,β-unsaturated/α-hetero) is 1.